The summed E-state index contributed by atoms with van der Waals surface area (Å²) in [5.41, 5.74) is 10.0. The lowest BCUT2D eigenvalue weighted by atomic mass is 9.68. The van der Waals surface area contributed by atoms with Gasteiger partial charge in [-0.25, -0.2) is 0 Å². The van der Waals surface area contributed by atoms with E-state index in [9.17, 15) is 0 Å². The van der Waals surface area contributed by atoms with Gasteiger partial charge in [0.2, 0.25) is 0 Å². The van der Waals surface area contributed by atoms with Crippen LogP contribution in [0.15, 0.2) is 34.5 Å². The van der Waals surface area contributed by atoms with E-state index in [1.54, 1.807) is 6.26 Å². The SMILES string of the molecule is CC1=C2C=COCC3=C2B(O[C@@H]1CN)OC3(C)C. The van der Waals surface area contributed by atoms with Crippen LogP contribution in [0.1, 0.15) is 20.8 Å². The molecule has 3 aliphatic rings. The molecule has 0 spiro atoms. The van der Waals surface area contributed by atoms with Crippen molar-refractivity contribution in [3.05, 3.63) is 34.5 Å². The minimum absolute atomic E-state index is 0.0772. The molecule has 18 heavy (non-hydrogen) atoms. The minimum Gasteiger partial charge on any atom is -0.497 e. The number of hydrogen-bond acceptors (Lipinski definition) is 4. The van der Waals surface area contributed by atoms with E-state index in [1.165, 1.54) is 11.1 Å². The van der Waals surface area contributed by atoms with Crippen LogP contribution in [0.4, 0.5) is 0 Å². The minimum atomic E-state index is -0.346. The molecule has 3 rings (SSSR count). The van der Waals surface area contributed by atoms with Crippen LogP contribution in [-0.4, -0.2) is 32.0 Å². The summed E-state index contributed by atoms with van der Waals surface area (Å²) in [4.78, 5) is 0. The van der Waals surface area contributed by atoms with Gasteiger partial charge in [0, 0.05) is 6.54 Å². The lowest BCUT2D eigenvalue weighted by Gasteiger charge is -2.29. The zero-order valence-electron chi connectivity index (χ0n) is 11.0. The van der Waals surface area contributed by atoms with Crippen LogP contribution < -0.4 is 5.73 Å². The molecule has 5 heteroatoms. The molecule has 0 fully saturated rings. The summed E-state index contributed by atoms with van der Waals surface area (Å²) < 4.78 is 17.5. The molecule has 2 N–H and O–H groups in total. The normalized spacial score (nSPS) is 29.3. The summed E-state index contributed by atoms with van der Waals surface area (Å²) in [7, 11) is -0.311. The molecule has 0 unspecified atom stereocenters. The van der Waals surface area contributed by atoms with E-state index in [0.29, 0.717) is 13.2 Å². The third-order valence-electron chi connectivity index (χ3n) is 3.95. The van der Waals surface area contributed by atoms with Crippen LogP contribution in [0, 0.1) is 0 Å². The summed E-state index contributed by atoms with van der Waals surface area (Å²) in [6.07, 6.45) is 3.68. The molecule has 0 aliphatic carbocycles. The zero-order valence-corrected chi connectivity index (χ0v) is 11.0. The van der Waals surface area contributed by atoms with Crippen molar-refractivity contribution in [3.63, 3.8) is 0 Å². The van der Waals surface area contributed by atoms with Gasteiger partial charge in [0.05, 0.1) is 18.0 Å². The smallest absolute Gasteiger partial charge is 0.495 e. The molecule has 96 valence electrons. The Hall–Kier alpha value is -1.04. The molecule has 0 bridgehead atoms. The van der Waals surface area contributed by atoms with Gasteiger partial charge in [0.15, 0.2) is 0 Å². The number of allylic oxidation sites excluding steroid dienone is 3. The van der Waals surface area contributed by atoms with Gasteiger partial charge in [-0.05, 0) is 49.0 Å². The van der Waals surface area contributed by atoms with Crippen LogP contribution in [0.3, 0.4) is 0 Å². The Kier molecular flexibility index (Phi) is 2.66. The van der Waals surface area contributed by atoms with Crippen molar-refractivity contribution in [3.8, 4) is 0 Å². The maximum atomic E-state index is 6.00. The molecule has 4 nitrogen and oxygen atoms in total. The molecular weight excluding hydrogens is 229 g/mol. The lowest BCUT2D eigenvalue weighted by Crippen LogP contribution is -2.40. The Bertz CT molecular complexity index is 479. The molecule has 0 aromatic rings. The number of hydrogen-bond donors (Lipinski definition) is 1. The van der Waals surface area contributed by atoms with Crippen molar-refractivity contribution in [1.82, 2.24) is 0 Å². The monoisotopic (exact) mass is 247 g/mol. The summed E-state index contributed by atoms with van der Waals surface area (Å²) in [6, 6.07) is 0. The van der Waals surface area contributed by atoms with Gasteiger partial charge < -0.3 is 19.8 Å². The quantitative estimate of drug-likeness (QED) is 0.710. The highest BCUT2D eigenvalue weighted by Gasteiger charge is 2.49. The number of rotatable bonds is 1. The highest BCUT2D eigenvalue weighted by molar-refractivity contribution is 6.57. The molecule has 0 radical (unpaired) electrons. The Morgan fingerprint density at radius 3 is 3.00 bits per heavy atom. The van der Waals surface area contributed by atoms with E-state index in [1.807, 2.05) is 6.08 Å². The summed E-state index contributed by atoms with van der Waals surface area (Å²) in [6.45, 7) is 7.19. The molecular formula is C13H18BNO3. The van der Waals surface area contributed by atoms with Gasteiger partial charge in [0.1, 0.15) is 6.61 Å². The van der Waals surface area contributed by atoms with Gasteiger partial charge in [-0.2, -0.15) is 0 Å². The first-order valence-corrected chi connectivity index (χ1v) is 6.31. The topological polar surface area (TPSA) is 53.7 Å². The Morgan fingerprint density at radius 1 is 1.50 bits per heavy atom. The van der Waals surface area contributed by atoms with E-state index in [0.717, 1.165) is 11.0 Å². The van der Waals surface area contributed by atoms with Crippen molar-refractivity contribution >= 4 is 7.12 Å². The highest BCUT2D eigenvalue weighted by atomic mass is 16.6. The van der Waals surface area contributed by atoms with Crippen molar-refractivity contribution in [2.45, 2.75) is 32.5 Å². The van der Waals surface area contributed by atoms with E-state index in [-0.39, 0.29) is 18.8 Å². The number of nitrogens with two attached hydrogens (primary N) is 1. The predicted molar refractivity (Wildman–Crippen MR) is 69.7 cm³/mol. The molecule has 3 aliphatic heterocycles. The predicted octanol–water partition coefficient (Wildman–Crippen LogP) is 1.34. The van der Waals surface area contributed by atoms with E-state index < -0.39 is 0 Å². The van der Waals surface area contributed by atoms with Crippen molar-refractivity contribution in [2.24, 2.45) is 5.73 Å². The first-order chi connectivity index (χ1) is 8.54. The van der Waals surface area contributed by atoms with Crippen molar-refractivity contribution in [2.75, 3.05) is 13.2 Å². The first-order valence-electron chi connectivity index (χ1n) is 6.31. The fraction of sp³-hybridized carbons (Fsp3) is 0.538. The summed E-state index contributed by atoms with van der Waals surface area (Å²) in [5, 5.41) is 0. The largest absolute Gasteiger partial charge is 0.497 e. The van der Waals surface area contributed by atoms with Gasteiger partial charge in [-0.1, -0.05) is 0 Å². The molecule has 3 heterocycles. The molecule has 0 amide bonds. The highest BCUT2D eigenvalue weighted by Crippen LogP contribution is 2.43. The fourth-order valence-electron chi connectivity index (χ4n) is 2.84. The second-order valence-corrected chi connectivity index (χ2v) is 5.42. The lowest BCUT2D eigenvalue weighted by molar-refractivity contribution is 0.0897. The van der Waals surface area contributed by atoms with Crippen LogP contribution in [0.2, 0.25) is 0 Å². The maximum Gasteiger partial charge on any atom is 0.495 e. The van der Waals surface area contributed by atoms with E-state index >= 15 is 0 Å². The maximum absolute atomic E-state index is 6.00. The Balaban J connectivity index is 2.17. The van der Waals surface area contributed by atoms with Crippen molar-refractivity contribution < 1.29 is 14.0 Å². The molecule has 0 saturated carbocycles. The average Bonchev–Trinajstić information content (AvgIpc) is 2.52. The fourth-order valence-corrected chi connectivity index (χ4v) is 2.84. The molecule has 1 atom stereocenters. The molecule has 0 aromatic heterocycles. The van der Waals surface area contributed by atoms with Crippen LogP contribution >= 0.6 is 0 Å². The third-order valence-corrected chi connectivity index (χ3v) is 3.95. The number of ether oxygens (including phenoxy) is 1. The Morgan fingerprint density at radius 2 is 2.28 bits per heavy atom. The van der Waals surface area contributed by atoms with Gasteiger partial charge >= 0.3 is 7.12 Å². The van der Waals surface area contributed by atoms with Gasteiger partial charge in [-0.15, -0.1) is 0 Å². The molecule has 0 aromatic carbocycles. The first kappa shape index (κ1) is 12.0. The van der Waals surface area contributed by atoms with Gasteiger partial charge in [-0.3, -0.25) is 0 Å². The van der Waals surface area contributed by atoms with Crippen LogP contribution in [0.5, 0.6) is 0 Å². The Labute approximate surface area is 108 Å². The third kappa shape index (κ3) is 1.58. The second-order valence-electron chi connectivity index (χ2n) is 5.42. The molecule has 0 saturated heterocycles. The van der Waals surface area contributed by atoms with Crippen LogP contribution in [-0.2, 0) is 14.0 Å². The summed E-state index contributed by atoms with van der Waals surface area (Å²) >= 11 is 0. The van der Waals surface area contributed by atoms with Crippen molar-refractivity contribution in [1.29, 1.82) is 0 Å². The standard InChI is InChI=1S/C13H18BNO3/c1-8-9-4-5-16-7-10-12(9)14(17-11(8)6-15)18-13(10,2)3/h4-5,11H,6-7,15H2,1-3H3/t11-/m1/s1. The zero-order chi connectivity index (χ0) is 12.9. The average molecular weight is 247 g/mol. The summed E-state index contributed by atoms with van der Waals surface area (Å²) in [5.74, 6) is 0. The van der Waals surface area contributed by atoms with Gasteiger partial charge in [0.25, 0.3) is 0 Å². The van der Waals surface area contributed by atoms with E-state index in [2.05, 4.69) is 20.8 Å². The second kappa shape index (κ2) is 3.98. The van der Waals surface area contributed by atoms with Crippen LogP contribution in [0.25, 0.3) is 0 Å². The van der Waals surface area contributed by atoms with E-state index in [4.69, 9.17) is 19.8 Å².